The van der Waals surface area contributed by atoms with Gasteiger partial charge < -0.3 is 42.6 Å². The van der Waals surface area contributed by atoms with Crippen molar-refractivity contribution in [2.75, 3.05) is 0 Å². The largest absolute Gasteiger partial charge is 0.480 e. The number of primary amides is 1. The Hall–Kier alpha value is -3.97. The maximum atomic E-state index is 13.2. The van der Waals surface area contributed by atoms with E-state index in [1.807, 2.05) is 26.0 Å². The summed E-state index contributed by atoms with van der Waals surface area (Å²) in [6.45, 7) is 4.93. The average Bonchev–Trinajstić information content (AvgIpc) is 3.23. The van der Waals surface area contributed by atoms with Gasteiger partial charge in [0.2, 0.25) is 23.6 Å². The van der Waals surface area contributed by atoms with Crippen LogP contribution >= 0.6 is 0 Å². The number of H-pyrrole nitrogens is 1. The molecule has 0 saturated heterocycles. The van der Waals surface area contributed by atoms with E-state index in [1.165, 1.54) is 6.92 Å². The third-order valence-electron chi connectivity index (χ3n) is 5.88. The molecule has 4 amide bonds. The quantitative estimate of drug-likeness (QED) is 0.148. The van der Waals surface area contributed by atoms with Gasteiger partial charge in [0.05, 0.1) is 18.6 Å². The maximum Gasteiger partial charge on any atom is 0.328 e. The minimum Gasteiger partial charge on any atom is -0.480 e. The Morgan fingerprint density at radius 3 is 2.13 bits per heavy atom. The van der Waals surface area contributed by atoms with Gasteiger partial charge in [-0.2, -0.15) is 0 Å². The number of benzene rings is 1. The van der Waals surface area contributed by atoms with Crippen molar-refractivity contribution >= 4 is 40.5 Å². The van der Waals surface area contributed by atoms with E-state index in [9.17, 15) is 34.2 Å². The molecule has 0 fully saturated rings. The fourth-order valence-electron chi connectivity index (χ4n) is 3.95. The average molecular weight is 533 g/mol. The number of para-hydroxylation sites is 1. The monoisotopic (exact) mass is 532 g/mol. The summed E-state index contributed by atoms with van der Waals surface area (Å²) >= 11 is 0. The first-order valence-corrected chi connectivity index (χ1v) is 12.2. The van der Waals surface area contributed by atoms with Gasteiger partial charge in [0, 0.05) is 23.5 Å². The van der Waals surface area contributed by atoms with Gasteiger partial charge in [0.15, 0.2) is 6.04 Å². The number of fused-ring (bicyclic) bond motifs is 1. The predicted octanol–water partition coefficient (Wildman–Crippen LogP) is -1.12. The van der Waals surface area contributed by atoms with Crippen molar-refractivity contribution in [2.45, 2.75) is 70.3 Å². The number of aliphatic hydroxyl groups excluding tert-OH is 1. The van der Waals surface area contributed by atoms with E-state index in [-0.39, 0.29) is 12.3 Å². The van der Waals surface area contributed by atoms with Crippen LogP contribution in [0.3, 0.4) is 0 Å². The van der Waals surface area contributed by atoms with Gasteiger partial charge in [-0.3, -0.25) is 19.2 Å². The molecule has 5 atom stereocenters. The molecule has 0 spiro atoms. The van der Waals surface area contributed by atoms with Crippen LogP contribution in [-0.4, -0.2) is 75.1 Å². The molecule has 0 aliphatic heterocycles. The molecule has 1 heterocycles. The van der Waals surface area contributed by atoms with Gasteiger partial charge in [-0.25, -0.2) is 4.79 Å². The first-order valence-electron chi connectivity index (χ1n) is 12.2. The summed E-state index contributed by atoms with van der Waals surface area (Å²) in [4.78, 5) is 65.1. The molecule has 0 radical (unpaired) electrons. The number of hydrogen-bond donors (Lipinski definition) is 8. The van der Waals surface area contributed by atoms with Crippen molar-refractivity contribution in [2.24, 2.45) is 17.4 Å². The Kier molecular flexibility index (Phi) is 10.8. The van der Waals surface area contributed by atoms with Crippen LogP contribution in [0.4, 0.5) is 0 Å². The first-order chi connectivity index (χ1) is 17.8. The molecule has 2 aromatic rings. The van der Waals surface area contributed by atoms with Crippen LogP contribution < -0.4 is 27.4 Å². The molecule has 0 aliphatic carbocycles. The number of aliphatic hydroxyl groups is 1. The van der Waals surface area contributed by atoms with Crippen LogP contribution in [0.15, 0.2) is 30.5 Å². The molecule has 0 bridgehead atoms. The minimum atomic E-state index is -1.64. The van der Waals surface area contributed by atoms with E-state index in [1.54, 1.807) is 18.3 Å². The third-order valence-corrected chi connectivity index (χ3v) is 5.88. The SMILES string of the molecule is CC(C)CC(N)C(=O)NC(CC(N)=O)C(=O)NC(Cc1c[nH]c2ccccc12)C(=O)NC(C(=O)O)C(C)O. The molecular formula is C25H36N6O7. The number of aromatic amines is 1. The van der Waals surface area contributed by atoms with Crippen molar-refractivity contribution in [1.82, 2.24) is 20.9 Å². The van der Waals surface area contributed by atoms with E-state index in [2.05, 4.69) is 20.9 Å². The fourth-order valence-corrected chi connectivity index (χ4v) is 3.95. The summed E-state index contributed by atoms with van der Waals surface area (Å²) in [5, 5.41) is 27.1. The maximum absolute atomic E-state index is 13.2. The lowest BCUT2D eigenvalue weighted by atomic mass is 10.0. The van der Waals surface area contributed by atoms with E-state index < -0.39 is 66.3 Å². The minimum absolute atomic E-state index is 0.0716. The number of carbonyl (C=O) groups is 5. The van der Waals surface area contributed by atoms with Crippen LogP contribution in [0, 0.1) is 5.92 Å². The standard InChI is InChI=1S/C25H36N6O7/c1-12(2)8-16(26)22(34)29-19(10-20(27)33)23(35)30-18(24(36)31-21(13(3)32)25(37)38)9-14-11-28-17-7-5-4-6-15(14)17/h4-7,11-13,16,18-19,21,28,32H,8-10,26H2,1-3H3,(H2,27,33)(H,29,34)(H,30,35)(H,31,36)(H,37,38). The Labute approximate surface area is 219 Å². The second kappa shape index (κ2) is 13.5. The number of amides is 4. The summed E-state index contributed by atoms with van der Waals surface area (Å²) in [6.07, 6.45) is -0.0755. The molecule has 0 saturated carbocycles. The van der Waals surface area contributed by atoms with Gasteiger partial charge in [-0.15, -0.1) is 0 Å². The molecule has 1 aromatic heterocycles. The van der Waals surface area contributed by atoms with Crippen molar-refractivity contribution in [3.05, 3.63) is 36.0 Å². The molecular weight excluding hydrogens is 496 g/mol. The highest BCUT2D eigenvalue weighted by Crippen LogP contribution is 2.19. The molecule has 0 aliphatic rings. The second-order valence-electron chi connectivity index (χ2n) is 9.66. The van der Waals surface area contributed by atoms with Crippen LogP contribution in [0.25, 0.3) is 10.9 Å². The Bertz CT molecular complexity index is 1160. The zero-order chi connectivity index (χ0) is 28.6. The molecule has 2 rings (SSSR count). The highest BCUT2D eigenvalue weighted by Gasteiger charge is 2.33. The number of nitrogens with one attached hydrogen (secondary N) is 4. The van der Waals surface area contributed by atoms with Gasteiger partial charge in [0.25, 0.3) is 0 Å². The molecule has 1 aromatic carbocycles. The number of rotatable bonds is 14. The molecule has 13 heteroatoms. The van der Waals surface area contributed by atoms with Gasteiger partial charge >= 0.3 is 5.97 Å². The molecule has 208 valence electrons. The Morgan fingerprint density at radius 2 is 1.55 bits per heavy atom. The van der Waals surface area contributed by atoms with E-state index in [0.29, 0.717) is 12.0 Å². The first kappa shape index (κ1) is 30.3. The number of aliphatic carboxylic acids is 1. The summed E-state index contributed by atoms with van der Waals surface area (Å²) < 4.78 is 0. The number of carbonyl (C=O) groups excluding carboxylic acids is 4. The van der Waals surface area contributed by atoms with E-state index >= 15 is 0 Å². The van der Waals surface area contributed by atoms with Gasteiger partial charge in [-0.1, -0.05) is 32.0 Å². The highest BCUT2D eigenvalue weighted by molar-refractivity contribution is 5.96. The summed E-state index contributed by atoms with van der Waals surface area (Å²) in [7, 11) is 0. The lowest BCUT2D eigenvalue weighted by molar-refractivity contribution is -0.145. The van der Waals surface area contributed by atoms with Crippen LogP contribution in [0.2, 0.25) is 0 Å². The van der Waals surface area contributed by atoms with Gasteiger partial charge in [-0.05, 0) is 30.9 Å². The number of carboxylic acids is 1. The summed E-state index contributed by atoms with van der Waals surface area (Å²) in [6, 6.07) is 1.89. The zero-order valence-electron chi connectivity index (χ0n) is 21.6. The lowest BCUT2D eigenvalue weighted by Crippen LogP contribution is -2.59. The van der Waals surface area contributed by atoms with Gasteiger partial charge in [0.1, 0.15) is 12.1 Å². The summed E-state index contributed by atoms with van der Waals surface area (Å²) in [5.41, 5.74) is 12.6. The smallest absolute Gasteiger partial charge is 0.328 e. The van der Waals surface area contributed by atoms with Crippen LogP contribution in [-0.2, 0) is 30.4 Å². The number of nitrogens with two attached hydrogens (primary N) is 2. The normalized spacial score (nSPS) is 15.2. The third kappa shape index (κ3) is 8.56. The molecule has 5 unspecified atom stereocenters. The number of aromatic nitrogens is 1. The Balaban J connectivity index is 2.33. The highest BCUT2D eigenvalue weighted by atomic mass is 16.4. The Morgan fingerprint density at radius 1 is 0.947 bits per heavy atom. The molecule has 10 N–H and O–H groups in total. The lowest BCUT2D eigenvalue weighted by Gasteiger charge is -2.25. The zero-order valence-corrected chi connectivity index (χ0v) is 21.6. The summed E-state index contributed by atoms with van der Waals surface area (Å²) in [5.74, 6) is -4.70. The van der Waals surface area contributed by atoms with Crippen LogP contribution in [0.1, 0.15) is 39.2 Å². The van der Waals surface area contributed by atoms with Crippen molar-refractivity contribution < 1.29 is 34.2 Å². The van der Waals surface area contributed by atoms with Crippen molar-refractivity contribution in [1.29, 1.82) is 0 Å². The van der Waals surface area contributed by atoms with Crippen molar-refractivity contribution in [3.8, 4) is 0 Å². The predicted molar refractivity (Wildman–Crippen MR) is 138 cm³/mol. The second-order valence-corrected chi connectivity index (χ2v) is 9.66. The molecule has 38 heavy (non-hydrogen) atoms. The van der Waals surface area contributed by atoms with E-state index in [0.717, 1.165) is 10.9 Å². The van der Waals surface area contributed by atoms with E-state index in [4.69, 9.17) is 11.5 Å². The fraction of sp³-hybridized carbons (Fsp3) is 0.480. The number of hydrogen-bond acceptors (Lipinski definition) is 7. The number of carboxylic acid groups (broad SMARTS) is 1. The van der Waals surface area contributed by atoms with Crippen molar-refractivity contribution in [3.63, 3.8) is 0 Å². The van der Waals surface area contributed by atoms with Crippen LogP contribution in [0.5, 0.6) is 0 Å². The molecule has 13 nitrogen and oxygen atoms in total. The topological polar surface area (TPSA) is 230 Å².